The molecule has 4 aromatic carbocycles. The van der Waals surface area contributed by atoms with Gasteiger partial charge in [0.25, 0.3) is 0 Å². The first-order valence-corrected chi connectivity index (χ1v) is 16.4. The van der Waals surface area contributed by atoms with Crippen LogP contribution in [-0.4, -0.2) is 9.13 Å². The van der Waals surface area contributed by atoms with Crippen LogP contribution in [-0.2, 0) is 19.3 Å². The summed E-state index contributed by atoms with van der Waals surface area (Å²) in [6.07, 6.45) is 20.7. The number of rotatable bonds is 4. The number of benzene rings is 4. The van der Waals surface area contributed by atoms with Crippen molar-refractivity contribution < 1.29 is 0 Å². The third-order valence-electron chi connectivity index (χ3n) is 9.97. The van der Waals surface area contributed by atoms with Crippen molar-refractivity contribution in [1.82, 2.24) is 9.13 Å². The molecule has 45 heavy (non-hydrogen) atoms. The fourth-order valence-corrected chi connectivity index (χ4v) is 7.91. The van der Waals surface area contributed by atoms with Crippen LogP contribution >= 0.6 is 0 Å². The molecule has 3 aliphatic carbocycles. The summed E-state index contributed by atoms with van der Waals surface area (Å²) in [7, 11) is 0. The summed E-state index contributed by atoms with van der Waals surface area (Å²) in [6.45, 7) is 2.17. The summed E-state index contributed by atoms with van der Waals surface area (Å²) in [5.41, 5.74) is 18.6. The lowest BCUT2D eigenvalue weighted by atomic mass is 9.94. The van der Waals surface area contributed by atoms with Gasteiger partial charge in [-0.25, -0.2) is 0 Å². The fourth-order valence-electron chi connectivity index (χ4n) is 7.91. The Balaban J connectivity index is 1.20. The van der Waals surface area contributed by atoms with Crippen LogP contribution < -0.4 is 0 Å². The van der Waals surface area contributed by atoms with Crippen LogP contribution in [0.2, 0.25) is 0 Å². The number of aromatic nitrogens is 2. The molecule has 6 aromatic rings. The zero-order valence-electron chi connectivity index (χ0n) is 25.8. The minimum absolute atomic E-state index is 1.05. The molecular formula is C43H36N2. The van der Waals surface area contributed by atoms with E-state index in [-0.39, 0.29) is 0 Å². The van der Waals surface area contributed by atoms with Crippen molar-refractivity contribution in [1.29, 1.82) is 0 Å². The van der Waals surface area contributed by atoms with Gasteiger partial charge in [-0.2, -0.15) is 0 Å². The zero-order valence-corrected chi connectivity index (χ0v) is 25.8. The van der Waals surface area contributed by atoms with Gasteiger partial charge in [0.05, 0.1) is 5.52 Å². The summed E-state index contributed by atoms with van der Waals surface area (Å²) >= 11 is 0. The Bertz CT molecular complexity index is 2190. The van der Waals surface area contributed by atoms with Crippen LogP contribution in [0.1, 0.15) is 58.6 Å². The van der Waals surface area contributed by atoms with Crippen LogP contribution in [0.5, 0.6) is 0 Å². The van der Waals surface area contributed by atoms with Crippen molar-refractivity contribution >= 4 is 29.1 Å². The number of nitrogens with zero attached hydrogens (tertiary/aromatic N) is 2. The van der Waals surface area contributed by atoms with E-state index >= 15 is 0 Å². The molecule has 0 amide bonds. The van der Waals surface area contributed by atoms with E-state index in [1.807, 2.05) is 0 Å². The molecule has 2 heteroatoms. The second-order valence-electron chi connectivity index (χ2n) is 12.8. The first-order chi connectivity index (χ1) is 22.2. The first-order valence-electron chi connectivity index (χ1n) is 16.4. The molecule has 2 nitrogen and oxygen atoms in total. The number of hydrogen-bond donors (Lipinski definition) is 0. The Hall–Kier alpha value is -5.08. The standard InChI is InChI=1S/C43H36N2/c1-29-11-8-12-30(25-29)31-13-9-16-35(26-31)45-42-22-7-4-19-38(42)39-24-23-33(28-43(39)45)32-14-10-15-34(27-32)44-40-20-5-2-17-36(40)37-18-3-6-21-41(37)44/h4-6,8-16,19-21,23-28H,2-3,7,17-18,22H2,1H3. The first kappa shape index (κ1) is 26.3. The molecule has 0 radical (unpaired) electrons. The molecule has 0 bridgehead atoms. The highest BCUT2D eigenvalue weighted by Crippen LogP contribution is 2.39. The molecule has 218 valence electrons. The third-order valence-corrected chi connectivity index (χ3v) is 9.97. The van der Waals surface area contributed by atoms with Crippen molar-refractivity contribution in [3.8, 4) is 33.6 Å². The van der Waals surface area contributed by atoms with E-state index in [0.29, 0.717) is 0 Å². The van der Waals surface area contributed by atoms with E-state index in [4.69, 9.17) is 0 Å². The molecule has 0 aliphatic heterocycles. The lowest BCUT2D eigenvalue weighted by molar-refractivity contribution is 0.889. The van der Waals surface area contributed by atoms with Crippen molar-refractivity contribution in [2.45, 2.75) is 45.4 Å². The second-order valence-corrected chi connectivity index (χ2v) is 12.8. The summed E-state index contributed by atoms with van der Waals surface area (Å²) in [5.74, 6) is 0. The van der Waals surface area contributed by atoms with Gasteiger partial charge in [0, 0.05) is 39.4 Å². The average Bonchev–Trinajstić information content (AvgIpc) is 3.61. The smallest absolute Gasteiger partial charge is 0.0543 e. The maximum absolute atomic E-state index is 2.52. The van der Waals surface area contributed by atoms with Gasteiger partial charge < -0.3 is 9.13 Å². The molecule has 0 spiro atoms. The summed E-state index contributed by atoms with van der Waals surface area (Å²) in [5, 5.41) is 1.32. The van der Waals surface area contributed by atoms with Gasteiger partial charge in [-0.15, -0.1) is 0 Å². The van der Waals surface area contributed by atoms with Crippen LogP contribution in [0.15, 0.2) is 109 Å². The minimum Gasteiger partial charge on any atom is -0.313 e. The highest BCUT2D eigenvalue weighted by atomic mass is 15.0. The molecule has 0 saturated heterocycles. The van der Waals surface area contributed by atoms with Gasteiger partial charge in [0.15, 0.2) is 0 Å². The molecule has 3 aliphatic rings. The Morgan fingerprint density at radius 3 is 1.78 bits per heavy atom. The second kappa shape index (κ2) is 10.5. The summed E-state index contributed by atoms with van der Waals surface area (Å²) < 4.78 is 5.02. The van der Waals surface area contributed by atoms with Crippen LogP contribution in [0, 0.1) is 6.92 Å². The van der Waals surface area contributed by atoms with Crippen molar-refractivity contribution in [2.75, 3.05) is 0 Å². The van der Waals surface area contributed by atoms with Crippen LogP contribution in [0.25, 0.3) is 62.8 Å². The van der Waals surface area contributed by atoms with E-state index in [0.717, 1.165) is 38.5 Å². The fraction of sp³-hybridized carbons (Fsp3) is 0.163. The van der Waals surface area contributed by atoms with Gasteiger partial charge >= 0.3 is 0 Å². The van der Waals surface area contributed by atoms with Gasteiger partial charge in [0.1, 0.15) is 0 Å². The lowest BCUT2D eigenvalue weighted by Crippen LogP contribution is -2.03. The van der Waals surface area contributed by atoms with Crippen LogP contribution in [0.4, 0.5) is 0 Å². The predicted octanol–water partition coefficient (Wildman–Crippen LogP) is 10.9. The normalized spacial score (nSPS) is 14.9. The number of fused-ring (bicyclic) bond motifs is 6. The van der Waals surface area contributed by atoms with E-state index in [2.05, 4.69) is 144 Å². The molecule has 9 rings (SSSR count). The SMILES string of the molecule is Cc1cccc(-c2cccc(-n3c4c(c5ccc(-c6cccc(-n7c8c(c9c7C=CCC9)CCC=C8)c6)cc53)C=CCC4)c2)c1. The Labute approximate surface area is 265 Å². The average molecular weight is 581 g/mol. The van der Waals surface area contributed by atoms with Gasteiger partial charge in [-0.05, 0) is 121 Å². The van der Waals surface area contributed by atoms with Crippen molar-refractivity contribution in [3.63, 3.8) is 0 Å². The van der Waals surface area contributed by atoms with Crippen LogP contribution in [0.3, 0.4) is 0 Å². The van der Waals surface area contributed by atoms with Crippen molar-refractivity contribution in [2.24, 2.45) is 0 Å². The maximum Gasteiger partial charge on any atom is 0.0543 e. The number of aryl methyl sites for hydroxylation is 1. The molecule has 0 N–H and O–H groups in total. The zero-order chi connectivity index (χ0) is 29.9. The van der Waals surface area contributed by atoms with Crippen molar-refractivity contribution in [3.05, 3.63) is 149 Å². The summed E-state index contributed by atoms with van der Waals surface area (Å²) in [4.78, 5) is 0. The predicted molar refractivity (Wildman–Crippen MR) is 190 cm³/mol. The van der Waals surface area contributed by atoms with E-state index in [1.54, 1.807) is 11.1 Å². The molecule has 2 aromatic heterocycles. The Kier molecular flexibility index (Phi) is 6.16. The Morgan fingerprint density at radius 2 is 1.09 bits per heavy atom. The van der Waals surface area contributed by atoms with Gasteiger partial charge in [0.2, 0.25) is 0 Å². The lowest BCUT2D eigenvalue weighted by Gasteiger charge is -2.16. The molecule has 0 saturated carbocycles. The van der Waals surface area contributed by atoms with Gasteiger partial charge in [-0.1, -0.05) is 90.5 Å². The Morgan fingerprint density at radius 1 is 0.511 bits per heavy atom. The number of allylic oxidation sites excluding steroid dienone is 3. The maximum atomic E-state index is 2.52. The highest BCUT2D eigenvalue weighted by Gasteiger charge is 2.24. The number of hydrogen-bond acceptors (Lipinski definition) is 0. The highest BCUT2D eigenvalue weighted by molar-refractivity contribution is 5.96. The van der Waals surface area contributed by atoms with Gasteiger partial charge in [-0.3, -0.25) is 0 Å². The molecule has 0 atom stereocenters. The van der Waals surface area contributed by atoms with E-state index in [9.17, 15) is 0 Å². The molecule has 0 fully saturated rings. The summed E-state index contributed by atoms with van der Waals surface area (Å²) in [6, 6.07) is 34.1. The molecule has 2 heterocycles. The largest absolute Gasteiger partial charge is 0.313 e. The van der Waals surface area contributed by atoms with E-state index in [1.165, 1.54) is 72.7 Å². The topological polar surface area (TPSA) is 9.86 Å². The molecular weight excluding hydrogens is 544 g/mol. The third kappa shape index (κ3) is 4.31. The molecule has 0 unspecified atom stereocenters. The van der Waals surface area contributed by atoms with E-state index < -0.39 is 0 Å². The minimum atomic E-state index is 1.05. The quantitative estimate of drug-likeness (QED) is 0.196. The monoisotopic (exact) mass is 580 g/mol.